The smallest absolute Gasteiger partial charge is 0.241 e. The highest BCUT2D eigenvalue weighted by Gasteiger charge is 2.15. The molecule has 1 amide bonds. The van der Waals surface area contributed by atoms with Crippen LogP contribution in [0.5, 0.6) is 0 Å². The molecule has 0 atom stereocenters. The molecule has 0 unspecified atom stereocenters. The number of carbonyl (C=O) groups excluding carboxylic acids is 1. The van der Waals surface area contributed by atoms with Crippen LogP contribution < -0.4 is 5.32 Å². The molecule has 98 valence electrons. The second-order valence-electron chi connectivity index (χ2n) is 4.81. The van der Waals surface area contributed by atoms with Crippen LogP contribution in [0.4, 0.5) is 5.69 Å². The first kappa shape index (κ1) is 12.9. The van der Waals surface area contributed by atoms with Gasteiger partial charge in [-0.05, 0) is 37.3 Å². The summed E-state index contributed by atoms with van der Waals surface area (Å²) in [6, 6.07) is 8.19. The molecular weight excluding hydrogens is 224 g/mol. The maximum atomic E-state index is 12.0. The number of anilines is 1. The first-order chi connectivity index (χ1) is 8.81. The summed E-state index contributed by atoms with van der Waals surface area (Å²) in [4.78, 5) is 14.0. The van der Waals surface area contributed by atoms with Crippen LogP contribution in [0.2, 0.25) is 0 Å². The Morgan fingerprint density at radius 2 is 1.94 bits per heavy atom. The van der Waals surface area contributed by atoms with Crippen molar-refractivity contribution < 1.29 is 4.79 Å². The number of nitrogens with one attached hydrogen (secondary N) is 1. The first-order valence-electron chi connectivity index (χ1n) is 6.91. The third kappa shape index (κ3) is 3.25. The maximum absolute atomic E-state index is 12.0. The molecule has 3 nitrogen and oxygen atoms in total. The zero-order chi connectivity index (χ0) is 12.8. The third-order valence-electron chi connectivity index (χ3n) is 3.54. The molecule has 1 aromatic carbocycles. The molecule has 2 rings (SSSR count). The van der Waals surface area contributed by atoms with E-state index in [0.717, 1.165) is 38.0 Å². The highest BCUT2D eigenvalue weighted by Crippen LogP contribution is 2.15. The number of amides is 1. The third-order valence-corrected chi connectivity index (χ3v) is 3.54. The van der Waals surface area contributed by atoms with Gasteiger partial charge >= 0.3 is 0 Å². The van der Waals surface area contributed by atoms with Crippen molar-refractivity contribution in [1.82, 2.24) is 4.90 Å². The normalized spacial score (nSPS) is 15.5. The SMILES string of the molecule is CCc1ccccc1NCC(=O)N1CCCCC1. The number of benzene rings is 1. The van der Waals surface area contributed by atoms with Gasteiger partial charge in [0.25, 0.3) is 0 Å². The van der Waals surface area contributed by atoms with E-state index in [0.29, 0.717) is 6.54 Å². The Morgan fingerprint density at radius 3 is 2.67 bits per heavy atom. The quantitative estimate of drug-likeness (QED) is 0.886. The second kappa shape index (κ2) is 6.43. The van der Waals surface area contributed by atoms with Gasteiger partial charge in [-0.2, -0.15) is 0 Å². The van der Waals surface area contributed by atoms with E-state index in [1.54, 1.807) is 0 Å². The van der Waals surface area contributed by atoms with Gasteiger partial charge in [0.05, 0.1) is 6.54 Å². The topological polar surface area (TPSA) is 32.3 Å². The fourth-order valence-electron chi connectivity index (χ4n) is 2.43. The fraction of sp³-hybridized carbons (Fsp3) is 0.533. The van der Waals surface area contributed by atoms with Gasteiger partial charge in [-0.3, -0.25) is 4.79 Å². The van der Waals surface area contributed by atoms with Gasteiger partial charge in [-0.15, -0.1) is 0 Å². The number of carbonyl (C=O) groups is 1. The van der Waals surface area contributed by atoms with E-state index in [4.69, 9.17) is 0 Å². The van der Waals surface area contributed by atoms with Crippen molar-refractivity contribution in [2.45, 2.75) is 32.6 Å². The zero-order valence-electron chi connectivity index (χ0n) is 11.1. The molecule has 0 radical (unpaired) electrons. The Labute approximate surface area is 109 Å². The Hall–Kier alpha value is -1.51. The minimum Gasteiger partial charge on any atom is -0.376 e. The number of piperidine rings is 1. The van der Waals surface area contributed by atoms with Crippen molar-refractivity contribution in [2.24, 2.45) is 0 Å². The fourth-order valence-corrected chi connectivity index (χ4v) is 2.43. The molecule has 1 aromatic rings. The summed E-state index contributed by atoms with van der Waals surface area (Å²) in [5, 5.41) is 3.27. The standard InChI is InChI=1S/C15H22N2O/c1-2-13-8-4-5-9-14(13)16-12-15(18)17-10-6-3-7-11-17/h4-5,8-9,16H,2-3,6-7,10-12H2,1H3. The summed E-state index contributed by atoms with van der Waals surface area (Å²) >= 11 is 0. The van der Waals surface area contributed by atoms with Crippen molar-refractivity contribution >= 4 is 11.6 Å². The molecule has 1 aliphatic rings. The molecule has 1 fully saturated rings. The van der Waals surface area contributed by atoms with Crippen LogP contribution in [0.3, 0.4) is 0 Å². The van der Waals surface area contributed by atoms with E-state index in [9.17, 15) is 4.79 Å². The van der Waals surface area contributed by atoms with E-state index in [-0.39, 0.29) is 5.91 Å². The summed E-state index contributed by atoms with van der Waals surface area (Å²) in [6.45, 7) is 4.40. The first-order valence-corrected chi connectivity index (χ1v) is 6.91. The van der Waals surface area contributed by atoms with Gasteiger partial charge in [-0.1, -0.05) is 25.1 Å². The molecule has 0 saturated carbocycles. The molecule has 0 spiro atoms. The molecule has 18 heavy (non-hydrogen) atoms. The van der Waals surface area contributed by atoms with Crippen LogP contribution in [-0.2, 0) is 11.2 Å². The van der Waals surface area contributed by atoms with Crippen molar-refractivity contribution in [2.75, 3.05) is 25.0 Å². The minimum atomic E-state index is 0.223. The molecule has 3 heteroatoms. The van der Waals surface area contributed by atoms with Crippen molar-refractivity contribution in [3.05, 3.63) is 29.8 Å². The monoisotopic (exact) mass is 246 g/mol. The number of aryl methyl sites for hydroxylation is 1. The lowest BCUT2D eigenvalue weighted by molar-refractivity contribution is -0.130. The van der Waals surface area contributed by atoms with Gasteiger partial charge in [0.15, 0.2) is 0 Å². The maximum Gasteiger partial charge on any atom is 0.241 e. The van der Waals surface area contributed by atoms with Crippen LogP contribution in [0.1, 0.15) is 31.7 Å². The van der Waals surface area contributed by atoms with E-state index < -0.39 is 0 Å². The van der Waals surface area contributed by atoms with E-state index in [1.165, 1.54) is 12.0 Å². The minimum absolute atomic E-state index is 0.223. The summed E-state index contributed by atoms with van der Waals surface area (Å²) in [5.74, 6) is 0.223. The van der Waals surface area contributed by atoms with Gasteiger partial charge in [0, 0.05) is 18.8 Å². The summed E-state index contributed by atoms with van der Waals surface area (Å²) in [5.41, 5.74) is 2.36. The molecule has 1 saturated heterocycles. The number of nitrogens with zero attached hydrogens (tertiary/aromatic N) is 1. The van der Waals surface area contributed by atoms with Crippen LogP contribution in [-0.4, -0.2) is 30.4 Å². The Bertz CT molecular complexity index is 397. The number of rotatable bonds is 4. The molecule has 1 heterocycles. The highest BCUT2D eigenvalue weighted by atomic mass is 16.2. The molecule has 0 aromatic heterocycles. The number of likely N-dealkylation sites (tertiary alicyclic amines) is 1. The van der Waals surface area contributed by atoms with E-state index in [2.05, 4.69) is 18.3 Å². The lowest BCUT2D eigenvalue weighted by atomic mass is 10.1. The Morgan fingerprint density at radius 1 is 1.22 bits per heavy atom. The summed E-state index contributed by atoms with van der Waals surface area (Å²) in [7, 11) is 0. The van der Waals surface area contributed by atoms with Gasteiger partial charge in [0.2, 0.25) is 5.91 Å². The van der Waals surface area contributed by atoms with Crippen molar-refractivity contribution in [1.29, 1.82) is 0 Å². The lowest BCUT2D eigenvalue weighted by Gasteiger charge is -2.27. The Kier molecular flexibility index (Phi) is 4.62. The highest BCUT2D eigenvalue weighted by molar-refractivity contribution is 5.81. The predicted molar refractivity (Wildman–Crippen MR) is 74.7 cm³/mol. The Balaban J connectivity index is 1.88. The summed E-state index contributed by atoms with van der Waals surface area (Å²) < 4.78 is 0. The van der Waals surface area contributed by atoms with Crippen LogP contribution in [0.15, 0.2) is 24.3 Å². The molecule has 0 bridgehead atoms. The van der Waals surface area contributed by atoms with Gasteiger partial charge < -0.3 is 10.2 Å². The molecule has 1 N–H and O–H groups in total. The largest absolute Gasteiger partial charge is 0.376 e. The van der Waals surface area contributed by atoms with Gasteiger partial charge in [0.1, 0.15) is 0 Å². The number of hydrogen-bond donors (Lipinski definition) is 1. The van der Waals surface area contributed by atoms with Crippen LogP contribution in [0, 0.1) is 0 Å². The zero-order valence-corrected chi connectivity index (χ0v) is 11.1. The molecule has 0 aliphatic carbocycles. The number of hydrogen-bond acceptors (Lipinski definition) is 2. The molecular formula is C15H22N2O. The van der Waals surface area contributed by atoms with Gasteiger partial charge in [-0.25, -0.2) is 0 Å². The summed E-state index contributed by atoms with van der Waals surface area (Å²) in [6.07, 6.45) is 4.55. The van der Waals surface area contributed by atoms with E-state index in [1.807, 2.05) is 23.1 Å². The average Bonchev–Trinajstić information content (AvgIpc) is 2.46. The van der Waals surface area contributed by atoms with Crippen LogP contribution >= 0.6 is 0 Å². The lowest BCUT2D eigenvalue weighted by Crippen LogP contribution is -2.39. The van der Waals surface area contributed by atoms with Crippen LogP contribution in [0.25, 0.3) is 0 Å². The van der Waals surface area contributed by atoms with E-state index >= 15 is 0 Å². The second-order valence-corrected chi connectivity index (χ2v) is 4.81. The molecule has 1 aliphatic heterocycles. The van der Waals surface area contributed by atoms with Crippen molar-refractivity contribution in [3.63, 3.8) is 0 Å². The van der Waals surface area contributed by atoms with Crippen molar-refractivity contribution in [3.8, 4) is 0 Å². The average molecular weight is 246 g/mol. The number of para-hydroxylation sites is 1. The predicted octanol–water partition coefficient (Wildman–Crippen LogP) is 2.67.